The normalized spacial score (nSPS) is 18.4. The van der Waals surface area contributed by atoms with Crippen LogP contribution < -0.4 is 19.7 Å². The van der Waals surface area contributed by atoms with E-state index in [1.807, 2.05) is 0 Å². The van der Waals surface area contributed by atoms with Gasteiger partial charge < -0.3 is 29.6 Å². The summed E-state index contributed by atoms with van der Waals surface area (Å²) >= 11 is 0. The van der Waals surface area contributed by atoms with Crippen LogP contribution in [0, 0.1) is 22.9 Å². The fraction of sp³-hybridized carbons (Fsp3) is 0.333. The number of imidazole rings is 1. The predicted octanol–water partition coefficient (Wildman–Crippen LogP) is 2.60. The monoisotopic (exact) mass is 526 g/mol. The first-order valence-electron chi connectivity index (χ1n) is 11.7. The highest BCUT2D eigenvalue weighted by Crippen LogP contribution is 2.31. The van der Waals surface area contributed by atoms with Crippen LogP contribution in [-0.4, -0.2) is 63.4 Å². The molecule has 0 aliphatic carbocycles. The SMILES string of the molecule is CC(=O)NC[C@H]1CN(c2ccc(-c3cnc(O[C@@H]4COc5nc([N+](=O)[O-])cn5C4)c(C)c3)c(F)c2)C(=O)O1. The lowest BCUT2D eigenvalue weighted by molar-refractivity contribution is -0.389. The van der Waals surface area contributed by atoms with Crippen LogP contribution in [0.25, 0.3) is 11.1 Å². The van der Waals surface area contributed by atoms with Crippen molar-refractivity contribution in [2.24, 2.45) is 0 Å². The number of nitrogens with one attached hydrogen (secondary N) is 1. The van der Waals surface area contributed by atoms with Crippen LogP contribution >= 0.6 is 0 Å². The molecule has 4 heterocycles. The second-order valence-electron chi connectivity index (χ2n) is 8.91. The number of halogens is 1. The third kappa shape index (κ3) is 5.05. The molecule has 3 aromatic rings. The standard InChI is InChI=1S/C24H23FN6O7/c1-13-5-15(7-27-22(13)37-18-9-29-11-21(31(34)35)28-23(29)36-12-18)19-4-3-16(6-20(19)25)30-10-17(38-24(30)33)8-26-14(2)32/h3-7,11,17-18H,8-10,12H2,1-2H3,(H,26,32)/t17-,18-/m0/s1. The summed E-state index contributed by atoms with van der Waals surface area (Å²) < 4.78 is 33.3. The first-order chi connectivity index (χ1) is 18.2. The van der Waals surface area contributed by atoms with Crippen molar-refractivity contribution in [1.29, 1.82) is 0 Å². The van der Waals surface area contributed by atoms with Gasteiger partial charge in [0.25, 0.3) is 0 Å². The number of carbonyl (C=O) groups excluding carboxylic acids is 2. The molecule has 14 heteroatoms. The lowest BCUT2D eigenvalue weighted by atomic mass is 10.0. The lowest BCUT2D eigenvalue weighted by Gasteiger charge is -2.23. The van der Waals surface area contributed by atoms with Gasteiger partial charge in [0.2, 0.25) is 11.8 Å². The number of anilines is 1. The number of carbonyl (C=O) groups is 2. The highest BCUT2D eigenvalue weighted by molar-refractivity contribution is 5.90. The van der Waals surface area contributed by atoms with E-state index in [0.717, 1.165) is 0 Å². The largest absolute Gasteiger partial charge is 0.469 e. The molecule has 0 radical (unpaired) electrons. The van der Waals surface area contributed by atoms with Crippen LogP contribution in [0.3, 0.4) is 0 Å². The van der Waals surface area contributed by atoms with Crippen LogP contribution in [0.2, 0.25) is 0 Å². The second kappa shape index (κ2) is 9.95. The van der Waals surface area contributed by atoms with Crippen molar-refractivity contribution in [2.75, 3.05) is 24.6 Å². The van der Waals surface area contributed by atoms with Crippen molar-refractivity contribution in [3.63, 3.8) is 0 Å². The molecule has 2 aliphatic rings. The summed E-state index contributed by atoms with van der Waals surface area (Å²) in [5, 5.41) is 13.5. The smallest absolute Gasteiger partial charge is 0.414 e. The highest BCUT2D eigenvalue weighted by atomic mass is 19.1. The average molecular weight is 526 g/mol. The Hall–Kier alpha value is -4.75. The average Bonchev–Trinajstić information content (AvgIpc) is 3.47. The minimum atomic E-state index is -0.615. The summed E-state index contributed by atoms with van der Waals surface area (Å²) in [6.07, 6.45) is 1.16. The van der Waals surface area contributed by atoms with Crippen molar-refractivity contribution in [2.45, 2.75) is 32.6 Å². The molecule has 2 atom stereocenters. The van der Waals surface area contributed by atoms with Gasteiger partial charge >= 0.3 is 17.9 Å². The maximum atomic E-state index is 15.1. The number of amides is 2. The number of aromatic nitrogens is 3. The van der Waals surface area contributed by atoms with E-state index < -0.39 is 29.0 Å². The Labute approximate surface area is 215 Å². The van der Waals surface area contributed by atoms with Crippen LogP contribution in [-0.2, 0) is 16.1 Å². The highest BCUT2D eigenvalue weighted by Gasteiger charge is 2.33. The number of hydrogen-bond acceptors (Lipinski definition) is 9. The Morgan fingerprint density at radius 1 is 1.34 bits per heavy atom. The van der Waals surface area contributed by atoms with E-state index >= 15 is 4.39 Å². The predicted molar refractivity (Wildman–Crippen MR) is 129 cm³/mol. The van der Waals surface area contributed by atoms with Gasteiger partial charge in [-0.2, -0.15) is 0 Å². The van der Waals surface area contributed by atoms with Gasteiger partial charge in [-0.25, -0.2) is 14.2 Å². The molecular weight excluding hydrogens is 503 g/mol. The zero-order valence-electron chi connectivity index (χ0n) is 20.4. The summed E-state index contributed by atoms with van der Waals surface area (Å²) in [7, 11) is 0. The van der Waals surface area contributed by atoms with E-state index in [9.17, 15) is 19.7 Å². The Morgan fingerprint density at radius 3 is 2.87 bits per heavy atom. The van der Waals surface area contributed by atoms with Crippen LogP contribution in [0.15, 0.2) is 36.7 Å². The molecule has 38 heavy (non-hydrogen) atoms. The van der Waals surface area contributed by atoms with Gasteiger partial charge in [0, 0.05) is 34.8 Å². The number of nitrogens with zero attached hydrogens (tertiary/aromatic N) is 5. The summed E-state index contributed by atoms with van der Waals surface area (Å²) in [5.41, 5.74) is 1.79. The molecule has 1 aromatic carbocycles. The number of rotatable bonds is 7. The fourth-order valence-electron chi connectivity index (χ4n) is 4.22. The van der Waals surface area contributed by atoms with E-state index in [1.165, 1.54) is 34.9 Å². The van der Waals surface area contributed by atoms with Crippen molar-refractivity contribution in [3.8, 4) is 23.0 Å². The van der Waals surface area contributed by atoms with Gasteiger partial charge in [-0.1, -0.05) is 0 Å². The molecule has 198 valence electrons. The maximum Gasteiger partial charge on any atom is 0.414 e. The Kier molecular flexibility index (Phi) is 6.53. The first-order valence-corrected chi connectivity index (χ1v) is 11.7. The fourth-order valence-corrected chi connectivity index (χ4v) is 4.22. The van der Waals surface area contributed by atoms with E-state index in [-0.39, 0.29) is 43.0 Å². The third-order valence-corrected chi connectivity index (χ3v) is 6.05. The quantitative estimate of drug-likeness (QED) is 0.362. The lowest BCUT2D eigenvalue weighted by Crippen LogP contribution is -2.34. The van der Waals surface area contributed by atoms with E-state index in [4.69, 9.17) is 14.2 Å². The first kappa shape index (κ1) is 24.9. The molecule has 13 nitrogen and oxygen atoms in total. The van der Waals surface area contributed by atoms with Gasteiger partial charge in [0.05, 0.1) is 25.3 Å². The minimum Gasteiger partial charge on any atom is -0.469 e. The van der Waals surface area contributed by atoms with E-state index in [1.54, 1.807) is 25.1 Å². The number of nitro groups is 1. The van der Waals surface area contributed by atoms with Gasteiger partial charge in [-0.05, 0) is 36.1 Å². The summed E-state index contributed by atoms with van der Waals surface area (Å²) in [6, 6.07) is 6.30. The number of pyridine rings is 1. The minimum absolute atomic E-state index is 0.137. The molecule has 2 aromatic heterocycles. The summed E-state index contributed by atoms with van der Waals surface area (Å²) in [4.78, 5) is 43.1. The van der Waals surface area contributed by atoms with Crippen LogP contribution in [0.1, 0.15) is 12.5 Å². The number of benzene rings is 1. The van der Waals surface area contributed by atoms with Crippen molar-refractivity contribution < 1.29 is 33.1 Å². The van der Waals surface area contributed by atoms with E-state index in [0.29, 0.717) is 29.2 Å². The Morgan fingerprint density at radius 2 is 2.16 bits per heavy atom. The second-order valence-corrected chi connectivity index (χ2v) is 8.91. The number of hydrogen-bond donors (Lipinski definition) is 1. The van der Waals surface area contributed by atoms with Crippen molar-refractivity contribution in [1.82, 2.24) is 19.9 Å². The van der Waals surface area contributed by atoms with Crippen molar-refractivity contribution in [3.05, 3.63) is 58.2 Å². The molecule has 0 saturated carbocycles. The molecule has 5 rings (SSSR count). The molecule has 1 saturated heterocycles. The molecule has 2 amide bonds. The third-order valence-electron chi connectivity index (χ3n) is 6.05. The summed E-state index contributed by atoms with van der Waals surface area (Å²) in [5.74, 6) is -0.771. The molecule has 0 spiro atoms. The molecule has 0 bridgehead atoms. The van der Waals surface area contributed by atoms with E-state index in [2.05, 4.69) is 15.3 Å². The molecular formula is C24H23FN6O7. The van der Waals surface area contributed by atoms with Gasteiger partial charge in [0.15, 0.2) is 6.10 Å². The molecule has 1 N–H and O–H groups in total. The zero-order valence-corrected chi connectivity index (χ0v) is 20.4. The maximum absolute atomic E-state index is 15.1. The zero-order chi connectivity index (χ0) is 27.0. The van der Waals surface area contributed by atoms with Gasteiger partial charge in [0.1, 0.15) is 24.7 Å². The topological polar surface area (TPSA) is 151 Å². The number of ether oxygens (including phenoxy) is 3. The molecule has 2 aliphatic heterocycles. The Bertz CT molecular complexity index is 1430. The number of cyclic esters (lactones) is 1. The Balaban J connectivity index is 1.26. The van der Waals surface area contributed by atoms with Gasteiger partial charge in [-0.3, -0.25) is 14.3 Å². The van der Waals surface area contributed by atoms with Crippen LogP contribution in [0.5, 0.6) is 11.9 Å². The van der Waals surface area contributed by atoms with Gasteiger partial charge in [-0.15, -0.1) is 0 Å². The summed E-state index contributed by atoms with van der Waals surface area (Å²) in [6.45, 7) is 3.92. The molecule has 1 fully saturated rings. The van der Waals surface area contributed by atoms with Crippen LogP contribution in [0.4, 0.5) is 20.7 Å². The van der Waals surface area contributed by atoms with Crippen molar-refractivity contribution >= 4 is 23.5 Å². The number of aryl methyl sites for hydroxylation is 1. The molecule has 0 unspecified atom stereocenters. The number of fused-ring (bicyclic) bond motifs is 1.